The fourth-order valence-corrected chi connectivity index (χ4v) is 3.22. The van der Waals surface area contributed by atoms with Crippen LogP contribution in [0, 0.1) is 5.92 Å². The maximum absolute atomic E-state index is 12.8. The summed E-state index contributed by atoms with van der Waals surface area (Å²) in [5, 5.41) is 8.41. The van der Waals surface area contributed by atoms with Crippen molar-refractivity contribution in [3.8, 4) is 5.75 Å². The highest BCUT2D eigenvalue weighted by atomic mass is 35.5. The van der Waals surface area contributed by atoms with Crippen molar-refractivity contribution < 1.29 is 9.53 Å². The summed E-state index contributed by atoms with van der Waals surface area (Å²) in [7, 11) is 0. The van der Waals surface area contributed by atoms with Crippen molar-refractivity contribution in [2.24, 2.45) is 5.92 Å². The van der Waals surface area contributed by atoms with Gasteiger partial charge in [-0.3, -0.25) is 4.79 Å². The highest BCUT2D eigenvalue weighted by Gasteiger charge is 2.39. The molecule has 1 fully saturated rings. The third-order valence-electron chi connectivity index (χ3n) is 4.33. The van der Waals surface area contributed by atoms with Crippen molar-refractivity contribution in [1.29, 1.82) is 0 Å². The number of aromatic nitrogens is 3. The Bertz CT molecular complexity index is 698. The minimum absolute atomic E-state index is 0.0270. The van der Waals surface area contributed by atoms with Crippen molar-refractivity contribution in [3.05, 3.63) is 35.6 Å². The maximum Gasteiger partial charge on any atom is 0.230 e. The van der Waals surface area contributed by atoms with Gasteiger partial charge in [0, 0.05) is 17.1 Å². The number of nitrogens with zero attached hydrogens (tertiary/aromatic N) is 4. The number of halogens is 1. The second-order valence-corrected chi connectivity index (χ2v) is 6.09. The van der Waals surface area contributed by atoms with Crippen molar-refractivity contribution in [2.45, 2.75) is 18.9 Å². The van der Waals surface area contributed by atoms with Crippen LogP contribution in [-0.2, 0) is 4.79 Å². The van der Waals surface area contributed by atoms with Gasteiger partial charge in [0.15, 0.2) is 0 Å². The molecule has 0 N–H and O–H groups in total. The first kappa shape index (κ1) is 13.6. The molecule has 0 spiro atoms. The van der Waals surface area contributed by atoms with Crippen LogP contribution in [0.25, 0.3) is 0 Å². The van der Waals surface area contributed by atoms with Gasteiger partial charge in [0.1, 0.15) is 12.4 Å². The third kappa shape index (κ3) is 2.23. The fraction of sp³-hybridized carbons (Fsp3) is 0.400. The van der Waals surface area contributed by atoms with E-state index in [1.807, 2.05) is 16.9 Å². The Balaban J connectivity index is 1.50. The number of amides is 1. The van der Waals surface area contributed by atoms with Crippen LogP contribution in [0.15, 0.2) is 30.6 Å². The van der Waals surface area contributed by atoms with E-state index in [1.54, 1.807) is 23.2 Å². The molecular formula is C15H15ClN4O2. The van der Waals surface area contributed by atoms with Crippen molar-refractivity contribution >= 4 is 23.2 Å². The first-order valence-electron chi connectivity index (χ1n) is 7.32. The fourth-order valence-electron chi connectivity index (χ4n) is 3.06. The Kier molecular flexibility index (Phi) is 3.26. The maximum atomic E-state index is 12.8. The highest BCUT2D eigenvalue weighted by molar-refractivity contribution is 6.31. The van der Waals surface area contributed by atoms with Gasteiger partial charge in [-0.05, 0) is 31.0 Å². The van der Waals surface area contributed by atoms with Gasteiger partial charge in [-0.2, -0.15) is 0 Å². The molecule has 4 rings (SSSR count). The molecule has 0 radical (unpaired) electrons. The summed E-state index contributed by atoms with van der Waals surface area (Å²) in [5.74, 6) is 0.887. The molecule has 22 heavy (non-hydrogen) atoms. The molecule has 0 bridgehead atoms. The molecule has 2 aliphatic rings. The second-order valence-electron chi connectivity index (χ2n) is 5.66. The topological polar surface area (TPSA) is 60.2 Å². The molecule has 0 atom stereocenters. The van der Waals surface area contributed by atoms with Crippen LogP contribution < -0.4 is 9.64 Å². The van der Waals surface area contributed by atoms with E-state index in [1.165, 1.54) is 0 Å². The van der Waals surface area contributed by atoms with Gasteiger partial charge in [-0.1, -0.05) is 16.8 Å². The number of carbonyl (C=O) groups is 1. The Labute approximate surface area is 132 Å². The number of benzene rings is 1. The monoisotopic (exact) mass is 318 g/mol. The summed E-state index contributed by atoms with van der Waals surface area (Å²) in [5.41, 5.74) is 0.771. The van der Waals surface area contributed by atoms with E-state index in [9.17, 15) is 4.79 Å². The average molecular weight is 319 g/mol. The molecule has 1 aromatic heterocycles. The second kappa shape index (κ2) is 5.28. The van der Waals surface area contributed by atoms with Gasteiger partial charge in [0.25, 0.3) is 0 Å². The van der Waals surface area contributed by atoms with Crippen molar-refractivity contribution in [1.82, 2.24) is 15.0 Å². The lowest BCUT2D eigenvalue weighted by Gasteiger charge is -2.39. The largest absolute Gasteiger partial charge is 0.490 e. The molecule has 7 heteroatoms. The summed E-state index contributed by atoms with van der Waals surface area (Å²) < 4.78 is 7.42. The lowest BCUT2D eigenvalue weighted by atomic mass is 9.79. The quantitative estimate of drug-likeness (QED) is 0.852. The van der Waals surface area contributed by atoms with Gasteiger partial charge in [0.05, 0.1) is 24.5 Å². The van der Waals surface area contributed by atoms with E-state index in [-0.39, 0.29) is 17.9 Å². The molecule has 114 valence electrons. The number of carbonyl (C=O) groups excluding carboxylic acids is 1. The van der Waals surface area contributed by atoms with Crippen LogP contribution in [-0.4, -0.2) is 34.1 Å². The van der Waals surface area contributed by atoms with Crippen LogP contribution in [0.5, 0.6) is 5.75 Å². The van der Waals surface area contributed by atoms with Crippen molar-refractivity contribution in [2.75, 3.05) is 18.1 Å². The molecule has 1 aliphatic heterocycles. The number of hydrogen-bond acceptors (Lipinski definition) is 4. The normalized spacial score (nSPS) is 23.4. The lowest BCUT2D eigenvalue weighted by molar-refractivity contribution is -0.126. The predicted octanol–water partition coefficient (Wildman–Crippen LogP) is 2.31. The van der Waals surface area contributed by atoms with E-state index < -0.39 is 0 Å². The van der Waals surface area contributed by atoms with E-state index in [2.05, 4.69) is 10.3 Å². The van der Waals surface area contributed by atoms with Crippen LogP contribution in [0.4, 0.5) is 5.69 Å². The predicted molar refractivity (Wildman–Crippen MR) is 81.1 cm³/mol. The smallest absolute Gasteiger partial charge is 0.230 e. The summed E-state index contributed by atoms with van der Waals surface area (Å²) in [6.07, 6.45) is 5.11. The Morgan fingerprint density at radius 1 is 1.36 bits per heavy atom. The average Bonchev–Trinajstić information content (AvgIpc) is 2.98. The van der Waals surface area contributed by atoms with E-state index >= 15 is 0 Å². The van der Waals surface area contributed by atoms with Crippen LogP contribution >= 0.6 is 11.6 Å². The summed E-state index contributed by atoms with van der Waals surface area (Å²) in [6.45, 7) is 1.08. The minimum Gasteiger partial charge on any atom is -0.490 e. The first-order valence-corrected chi connectivity index (χ1v) is 7.69. The molecular weight excluding hydrogens is 304 g/mol. The van der Waals surface area contributed by atoms with Gasteiger partial charge in [-0.15, -0.1) is 5.10 Å². The van der Waals surface area contributed by atoms with Gasteiger partial charge in [0.2, 0.25) is 5.91 Å². The summed E-state index contributed by atoms with van der Waals surface area (Å²) in [4.78, 5) is 14.6. The van der Waals surface area contributed by atoms with Crippen LogP contribution in [0.1, 0.15) is 18.9 Å². The zero-order chi connectivity index (χ0) is 15.1. The standard InChI is InChI=1S/C15H15ClN4O2/c16-11-1-2-14-13(9-11)19(5-6-22-14)15(21)10-7-12(8-10)20-4-3-17-18-20/h1-4,9-10,12H,5-8H2. The molecule has 2 heterocycles. The molecule has 0 saturated heterocycles. The molecule has 1 aliphatic carbocycles. The van der Waals surface area contributed by atoms with Crippen LogP contribution in [0.2, 0.25) is 5.02 Å². The third-order valence-corrected chi connectivity index (χ3v) is 4.56. The molecule has 1 saturated carbocycles. The summed E-state index contributed by atoms with van der Waals surface area (Å²) in [6, 6.07) is 5.66. The number of ether oxygens (including phenoxy) is 1. The van der Waals surface area contributed by atoms with Crippen LogP contribution in [0.3, 0.4) is 0 Å². The number of hydrogen-bond donors (Lipinski definition) is 0. The number of fused-ring (bicyclic) bond motifs is 1. The SMILES string of the molecule is O=C(C1CC(n2ccnn2)C1)N1CCOc2ccc(Cl)cc21. The molecule has 2 aromatic rings. The molecule has 1 aromatic carbocycles. The lowest BCUT2D eigenvalue weighted by Crippen LogP contribution is -2.45. The number of rotatable bonds is 2. The van der Waals surface area contributed by atoms with Gasteiger partial charge in [-0.25, -0.2) is 4.68 Å². The molecule has 1 amide bonds. The van der Waals surface area contributed by atoms with E-state index in [4.69, 9.17) is 16.3 Å². The van der Waals surface area contributed by atoms with E-state index in [0.717, 1.165) is 24.3 Å². The van der Waals surface area contributed by atoms with Gasteiger partial charge >= 0.3 is 0 Å². The number of anilines is 1. The molecule has 0 unspecified atom stereocenters. The first-order chi connectivity index (χ1) is 10.7. The Hall–Kier alpha value is -2.08. The zero-order valence-electron chi connectivity index (χ0n) is 11.9. The Morgan fingerprint density at radius 2 is 2.23 bits per heavy atom. The minimum atomic E-state index is 0.0270. The van der Waals surface area contributed by atoms with Crippen molar-refractivity contribution in [3.63, 3.8) is 0 Å². The summed E-state index contributed by atoms with van der Waals surface area (Å²) >= 11 is 6.05. The Morgan fingerprint density at radius 3 is 3.00 bits per heavy atom. The highest BCUT2D eigenvalue weighted by Crippen LogP contribution is 2.41. The molecule has 6 nitrogen and oxygen atoms in total. The zero-order valence-corrected chi connectivity index (χ0v) is 12.6. The van der Waals surface area contributed by atoms with Gasteiger partial charge < -0.3 is 9.64 Å². The van der Waals surface area contributed by atoms with E-state index in [0.29, 0.717) is 18.2 Å².